The van der Waals surface area contributed by atoms with Crippen LogP contribution in [0.25, 0.3) is 16.6 Å². The summed E-state index contributed by atoms with van der Waals surface area (Å²) in [6.07, 6.45) is 4.16. The summed E-state index contributed by atoms with van der Waals surface area (Å²) in [4.78, 5) is 16.6. The molecule has 0 aliphatic rings. The number of amides is 1. The molecule has 4 aromatic rings. The summed E-state index contributed by atoms with van der Waals surface area (Å²) in [5, 5.41) is 11.9. The number of nitrogens with one attached hydrogen (secondary N) is 1. The van der Waals surface area contributed by atoms with Crippen LogP contribution in [0.4, 0.5) is 0 Å². The van der Waals surface area contributed by atoms with Crippen LogP contribution in [0.1, 0.15) is 16.1 Å². The fourth-order valence-electron chi connectivity index (χ4n) is 2.83. The summed E-state index contributed by atoms with van der Waals surface area (Å²) >= 11 is 0. The maximum atomic E-state index is 12.3. The van der Waals surface area contributed by atoms with Crippen molar-refractivity contribution in [2.24, 2.45) is 0 Å². The molecule has 2 heterocycles. The van der Waals surface area contributed by atoms with Crippen molar-refractivity contribution in [2.45, 2.75) is 6.42 Å². The van der Waals surface area contributed by atoms with Crippen LogP contribution in [0.15, 0.2) is 73.1 Å². The number of hydrogen-bond acceptors (Lipinski definition) is 4. The van der Waals surface area contributed by atoms with Gasteiger partial charge in [-0.15, -0.1) is 5.10 Å². The van der Waals surface area contributed by atoms with Gasteiger partial charge in [0.25, 0.3) is 5.91 Å². The lowest BCUT2D eigenvalue weighted by molar-refractivity contribution is 0.0949. The van der Waals surface area contributed by atoms with Gasteiger partial charge in [0, 0.05) is 18.1 Å². The molecular formula is C20H17N5O. The van der Waals surface area contributed by atoms with E-state index in [2.05, 4.69) is 20.6 Å². The zero-order chi connectivity index (χ0) is 17.8. The van der Waals surface area contributed by atoms with Gasteiger partial charge in [0.2, 0.25) is 0 Å². The Morgan fingerprint density at radius 3 is 2.77 bits per heavy atom. The van der Waals surface area contributed by atoms with Gasteiger partial charge in [0.15, 0.2) is 5.69 Å². The molecule has 26 heavy (non-hydrogen) atoms. The highest BCUT2D eigenvalue weighted by atomic mass is 16.2. The summed E-state index contributed by atoms with van der Waals surface area (Å²) in [7, 11) is 0. The van der Waals surface area contributed by atoms with Crippen molar-refractivity contribution in [2.75, 3.05) is 6.54 Å². The van der Waals surface area contributed by atoms with Crippen molar-refractivity contribution in [3.05, 3.63) is 84.3 Å². The van der Waals surface area contributed by atoms with E-state index in [9.17, 15) is 4.79 Å². The van der Waals surface area contributed by atoms with Gasteiger partial charge in [-0.05, 0) is 36.2 Å². The average molecular weight is 343 g/mol. The third-order valence-corrected chi connectivity index (χ3v) is 4.14. The fourth-order valence-corrected chi connectivity index (χ4v) is 2.83. The molecule has 6 nitrogen and oxygen atoms in total. The lowest BCUT2D eigenvalue weighted by atomic mass is 10.1. The molecule has 0 unspecified atom stereocenters. The Morgan fingerprint density at radius 1 is 1.00 bits per heavy atom. The first kappa shape index (κ1) is 16.0. The highest BCUT2D eigenvalue weighted by Gasteiger charge is 2.12. The van der Waals surface area contributed by atoms with Crippen molar-refractivity contribution in [1.82, 2.24) is 25.3 Å². The van der Waals surface area contributed by atoms with E-state index < -0.39 is 0 Å². The highest BCUT2D eigenvalue weighted by Crippen LogP contribution is 2.19. The monoisotopic (exact) mass is 343 g/mol. The number of carbonyl (C=O) groups excluding carboxylic acids is 1. The molecular weight excluding hydrogens is 326 g/mol. The molecule has 1 N–H and O–H groups in total. The standard InChI is InChI=1S/C20H17N5O/c26-20(22-13-11-15-6-2-1-3-7-15)18-14-25(24-23-18)19-10-4-9-17-16(19)8-5-12-21-17/h1-10,12,14H,11,13H2,(H,22,26). The molecule has 128 valence electrons. The lowest BCUT2D eigenvalue weighted by Gasteiger charge is -2.04. The number of nitrogens with zero attached hydrogens (tertiary/aromatic N) is 4. The summed E-state index contributed by atoms with van der Waals surface area (Å²) in [5.74, 6) is -0.231. The van der Waals surface area contributed by atoms with Gasteiger partial charge in [-0.3, -0.25) is 9.78 Å². The van der Waals surface area contributed by atoms with E-state index in [1.165, 1.54) is 5.56 Å². The minimum absolute atomic E-state index is 0.231. The zero-order valence-corrected chi connectivity index (χ0v) is 14.0. The van der Waals surface area contributed by atoms with Crippen LogP contribution in [-0.2, 0) is 6.42 Å². The topological polar surface area (TPSA) is 72.7 Å². The Bertz CT molecular complexity index is 1040. The van der Waals surface area contributed by atoms with Gasteiger partial charge in [0.05, 0.1) is 17.4 Å². The smallest absolute Gasteiger partial charge is 0.273 e. The van der Waals surface area contributed by atoms with Gasteiger partial charge in [0.1, 0.15) is 0 Å². The molecule has 4 rings (SSSR count). The van der Waals surface area contributed by atoms with E-state index in [1.54, 1.807) is 17.1 Å². The summed E-state index contributed by atoms with van der Waals surface area (Å²) < 4.78 is 1.61. The van der Waals surface area contributed by atoms with Gasteiger partial charge in [-0.1, -0.05) is 41.6 Å². The van der Waals surface area contributed by atoms with E-state index in [1.807, 2.05) is 60.7 Å². The molecule has 0 radical (unpaired) electrons. The molecule has 2 aromatic heterocycles. The average Bonchev–Trinajstić information content (AvgIpc) is 3.18. The quantitative estimate of drug-likeness (QED) is 0.605. The first-order valence-electron chi connectivity index (χ1n) is 8.40. The maximum Gasteiger partial charge on any atom is 0.273 e. The Balaban J connectivity index is 1.48. The van der Waals surface area contributed by atoms with Crippen LogP contribution in [0, 0.1) is 0 Å². The molecule has 0 aliphatic carbocycles. The van der Waals surface area contributed by atoms with E-state index in [0.29, 0.717) is 12.2 Å². The van der Waals surface area contributed by atoms with Gasteiger partial charge < -0.3 is 5.32 Å². The van der Waals surface area contributed by atoms with Crippen LogP contribution < -0.4 is 5.32 Å². The highest BCUT2D eigenvalue weighted by molar-refractivity contribution is 5.92. The maximum absolute atomic E-state index is 12.3. The van der Waals surface area contributed by atoms with Crippen LogP contribution in [0.5, 0.6) is 0 Å². The predicted molar refractivity (Wildman–Crippen MR) is 99.1 cm³/mol. The first-order chi connectivity index (χ1) is 12.8. The number of aromatic nitrogens is 4. The lowest BCUT2D eigenvalue weighted by Crippen LogP contribution is -2.26. The molecule has 2 aromatic carbocycles. The molecule has 0 saturated carbocycles. The molecule has 0 saturated heterocycles. The SMILES string of the molecule is O=C(NCCc1ccccc1)c1cn(-c2cccc3ncccc23)nn1. The third kappa shape index (κ3) is 3.30. The van der Waals surface area contributed by atoms with Crippen molar-refractivity contribution in [1.29, 1.82) is 0 Å². The number of benzene rings is 2. The number of rotatable bonds is 5. The Morgan fingerprint density at radius 2 is 1.88 bits per heavy atom. The minimum atomic E-state index is -0.231. The molecule has 6 heteroatoms. The fraction of sp³-hybridized carbons (Fsp3) is 0.100. The van der Waals surface area contributed by atoms with E-state index in [4.69, 9.17) is 0 Å². The molecule has 0 bridgehead atoms. The second kappa shape index (κ2) is 7.14. The summed E-state index contributed by atoms with van der Waals surface area (Å²) in [5.41, 5.74) is 3.18. The van der Waals surface area contributed by atoms with Gasteiger partial charge >= 0.3 is 0 Å². The number of hydrogen-bond donors (Lipinski definition) is 1. The van der Waals surface area contributed by atoms with E-state index >= 15 is 0 Å². The molecule has 0 atom stereocenters. The van der Waals surface area contributed by atoms with E-state index in [-0.39, 0.29) is 5.91 Å². The zero-order valence-electron chi connectivity index (χ0n) is 14.0. The van der Waals surface area contributed by atoms with Crippen molar-refractivity contribution in [3.8, 4) is 5.69 Å². The van der Waals surface area contributed by atoms with Crippen LogP contribution in [0.2, 0.25) is 0 Å². The first-order valence-corrected chi connectivity index (χ1v) is 8.40. The third-order valence-electron chi connectivity index (χ3n) is 4.14. The van der Waals surface area contributed by atoms with Crippen LogP contribution in [-0.4, -0.2) is 32.4 Å². The Labute approximate surface area is 150 Å². The second-order valence-corrected chi connectivity index (χ2v) is 5.89. The minimum Gasteiger partial charge on any atom is -0.350 e. The number of fused-ring (bicyclic) bond motifs is 1. The van der Waals surface area contributed by atoms with Crippen LogP contribution >= 0.6 is 0 Å². The van der Waals surface area contributed by atoms with Crippen molar-refractivity contribution in [3.63, 3.8) is 0 Å². The summed E-state index contributed by atoms with van der Waals surface area (Å²) in [6, 6.07) is 19.6. The molecule has 0 spiro atoms. The van der Waals surface area contributed by atoms with E-state index in [0.717, 1.165) is 23.0 Å². The van der Waals surface area contributed by atoms with Gasteiger partial charge in [-0.2, -0.15) is 0 Å². The predicted octanol–water partition coefficient (Wildman–Crippen LogP) is 2.79. The summed E-state index contributed by atoms with van der Waals surface area (Å²) in [6.45, 7) is 0.549. The molecule has 0 fully saturated rings. The van der Waals surface area contributed by atoms with Gasteiger partial charge in [-0.25, -0.2) is 4.68 Å². The second-order valence-electron chi connectivity index (χ2n) is 5.89. The Kier molecular flexibility index (Phi) is 4.38. The molecule has 1 amide bonds. The Hall–Kier alpha value is -3.54. The van der Waals surface area contributed by atoms with Crippen molar-refractivity contribution < 1.29 is 4.79 Å². The normalized spacial score (nSPS) is 10.8. The number of pyridine rings is 1. The van der Waals surface area contributed by atoms with Crippen LogP contribution in [0.3, 0.4) is 0 Å². The largest absolute Gasteiger partial charge is 0.350 e. The number of carbonyl (C=O) groups is 1. The van der Waals surface area contributed by atoms with Crippen molar-refractivity contribution >= 4 is 16.8 Å². The molecule has 0 aliphatic heterocycles.